The summed E-state index contributed by atoms with van der Waals surface area (Å²) >= 11 is 0. The first-order valence-corrected chi connectivity index (χ1v) is 10.0. The molecule has 0 bridgehead atoms. The smallest absolute Gasteiger partial charge is 0.238 e. The van der Waals surface area contributed by atoms with Crippen LogP contribution in [0.3, 0.4) is 0 Å². The van der Waals surface area contributed by atoms with Crippen LogP contribution in [0.4, 0.5) is 0 Å². The fraction of sp³-hybridized carbons (Fsp3) is 0.588. The zero-order valence-electron chi connectivity index (χ0n) is 14.2. The minimum Gasteiger partial charge on any atom is -0.343 e. The zero-order chi connectivity index (χ0) is 17.6. The Kier molecular flexibility index (Phi) is 6.77. The molecule has 0 saturated carbocycles. The average Bonchev–Trinajstić information content (AvgIpc) is 2.54. The van der Waals surface area contributed by atoms with E-state index in [9.17, 15) is 13.2 Å². The van der Waals surface area contributed by atoms with Gasteiger partial charge in [0.15, 0.2) is 0 Å². The third kappa shape index (κ3) is 5.89. The van der Waals surface area contributed by atoms with Gasteiger partial charge in [-0.1, -0.05) is 19.1 Å². The van der Waals surface area contributed by atoms with Crippen LogP contribution in [0.1, 0.15) is 31.7 Å². The maximum Gasteiger partial charge on any atom is 0.238 e. The highest BCUT2D eigenvalue weighted by atomic mass is 32.2. The maximum atomic E-state index is 12.1. The Hall–Kier alpha value is -1.44. The van der Waals surface area contributed by atoms with Gasteiger partial charge in [0.05, 0.1) is 4.90 Å². The summed E-state index contributed by atoms with van der Waals surface area (Å²) in [6.45, 7) is 5.42. The monoisotopic (exact) mass is 353 g/mol. The highest BCUT2D eigenvalue weighted by Gasteiger charge is 2.19. The molecule has 0 spiro atoms. The number of carbonyl (C=O) groups is 1. The van der Waals surface area contributed by atoms with Crippen LogP contribution >= 0.6 is 0 Å². The third-order valence-corrected chi connectivity index (χ3v) is 5.42. The van der Waals surface area contributed by atoms with Crippen LogP contribution in [0, 0.1) is 5.92 Å². The van der Waals surface area contributed by atoms with Crippen molar-refractivity contribution in [1.29, 1.82) is 0 Å². The van der Waals surface area contributed by atoms with E-state index in [0.29, 0.717) is 13.0 Å². The molecule has 134 valence electrons. The van der Waals surface area contributed by atoms with Crippen molar-refractivity contribution in [3.63, 3.8) is 0 Å². The Balaban J connectivity index is 1.63. The Labute approximate surface area is 144 Å². The number of nitrogens with one attached hydrogen (secondary N) is 1. The molecule has 2 rings (SSSR count). The van der Waals surface area contributed by atoms with Gasteiger partial charge in [-0.25, -0.2) is 13.6 Å². The van der Waals surface area contributed by atoms with E-state index in [1.807, 2.05) is 4.90 Å². The van der Waals surface area contributed by atoms with E-state index in [0.717, 1.165) is 50.4 Å². The van der Waals surface area contributed by atoms with Gasteiger partial charge in [-0.15, -0.1) is 0 Å². The minimum atomic E-state index is -3.63. The summed E-state index contributed by atoms with van der Waals surface area (Å²) in [7, 11) is -3.63. The normalized spacial score (nSPS) is 16.3. The molecule has 0 atom stereocenters. The van der Waals surface area contributed by atoms with Gasteiger partial charge in [0.25, 0.3) is 0 Å². The first kappa shape index (κ1) is 18.9. The van der Waals surface area contributed by atoms with E-state index >= 15 is 0 Å². The number of rotatable bonds is 7. The van der Waals surface area contributed by atoms with Crippen LogP contribution in [0.5, 0.6) is 0 Å². The molecule has 0 radical (unpaired) electrons. The van der Waals surface area contributed by atoms with Gasteiger partial charge in [0.2, 0.25) is 15.9 Å². The summed E-state index contributed by atoms with van der Waals surface area (Å²) in [6, 6.07) is 6.57. The topological polar surface area (TPSA) is 92.5 Å². The summed E-state index contributed by atoms with van der Waals surface area (Å²) in [5, 5.41) is 8.33. The van der Waals surface area contributed by atoms with E-state index in [2.05, 4.69) is 12.2 Å². The Bertz CT molecular complexity index is 636. The number of hydrogen-bond acceptors (Lipinski definition) is 4. The molecule has 1 aromatic rings. The van der Waals surface area contributed by atoms with E-state index in [4.69, 9.17) is 5.14 Å². The van der Waals surface area contributed by atoms with Crippen molar-refractivity contribution in [3.8, 4) is 0 Å². The van der Waals surface area contributed by atoms with Crippen molar-refractivity contribution in [2.24, 2.45) is 11.1 Å². The predicted octanol–water partition coefficient (Wildman–Crippen LogP) is 1.11. The molecule has 7 heteroatoms. The van der Waals surface area contributed by atoms with Gasteiger partial charge in [-0.3, -0.25) is 4.79 Å². The van der Waals surface area contributed by atoms with Gasteiger partial charge in [0, 0.05) is 26.1 Å². The predicted molar refractivity (Wildman–Crippen MR) is 94.0 cm³/mol. The van der Waals surface area contributed by atoms with Crippen LogP contribution in [0.25, 0.3) is 0 Å². The van der Waals surface area contributed by atoms with Crippen LogP contribution in [0.15, 0.2) is 29.2 Å². The first-order chi connectivity index (χ1) is 11.4. The maximum absolute atomic E-state index is 12.1. The van der Waals surface area contributed by atoms with Gasteiger partial charge >= 0.3 is 0 Å². The van der Waals surface area contributed by atoms with Crippen LogP contribution in [-0.4, -0.2) is 45.4 Å². The molecule has 0 unspecified atom stereocenters. The van der Waals surface area contributed by atoms with Crippen molar-refractivity contribution >= 4 is 15.9 Å². The summed E-state index contributed by atoms with van der Waals surface area (Å²) in [6.07, 6.45) is 3.51. The van der Waals surface area contributed by atoms with Crippen molar-refractivity contribution in [3.05, 3.63) is 29.8 Å². The van der Waals surface area contributed by atoms with E-state index in [1.54, 1.807) is 12.1 Å². The quantitative estimate of drug-likeness (QED) is 0.718. The Morgan fingerprint density at radius 3 is 2.42 bits per heavy atom. The number of sulfonamides is 1. The van der Waals surface area contributed by atoms with Crippen LogP contribution < -0.4 is 10.5 Å². The van der Waals surface area contributed by atoms with Gasteiger partial charge in [-0.2, -0.15) is 0 Å². The molecular formula is C17H27N3O3S. The standard InChI is InChI=1S/C17H27N3O3S/c1-14-8-12-20(13-9-14)17(21)7-11-19-10-6-15-2-4-16(5-3-15)24(18,22)23/h2-5,14,19H,6-13H2,1H3,(H2,18,22,23). The number of primary sulfonamides is 1. The summed E-state index contributed by atoms with van der Waals surface area (Å²) < 4.78 is 22.4. The minimum absolute atomic E-state index is 0.126. The number of hydrogen-bond donors (Lipinski definition) is 2. The van der Waals surface area contributed by atoms with Crippen molar-refractivity contribution in [1.82, 2.24) is 10.2 Å². The second-order valence-corrected chi connectivity index (χ2v) is 8.06. The molecule has 0 aliphatic carbocycles. The SMILES string of the molecule is CC1CCN(C(=O)CCNCCc2ccc(S(N)(=O)=O)cc2)CC1. The third-order valence-electron chi connectivity index (χ3n) is 4.49. The molecule has 1 saturated heterocycles. The largest absolute Gasteiger partial charge is 0.343 e. The molecule has 1 aliphatic rings. The summed E-state index contributed by atoms with van der Waals surface area (Å²) in [5.41, 5.74) is 1.03. The molecule has 3 N–H and O–H groups in total. The number of piperidine rings is 1. The molecule has 1 heterocycles. The average molecular weight is 353 g/mol. The molecule has 1 aromatic carbocycles. The molecule has 1 amide bonds. The number of nitrogens with two attached hydrogens (primary N) is 1. The second-order valence-electron chi connectivity index (χ2n) is 6.50. The van der Waals surface area contributed by atoms with Gasteiger partial charge in [-0.05, 0) is 49.4 Å². The Morgan fingerprint density at radius 2 is 1.83 bits per heavy atom. The lowest BCUT2D eigenvalue weighted by molar-refractivity contribution is -0.132. The highest BCUT2D eigenvalue weighted by molar-refractivity contribution is 7.89. The van der Waals surface area contributed by atoms with Gasteiger partial charge in [0.1, 0.15) is 0 Å². The van der Waals surface area contributed by atoms with E-state index in [-0.39, 0.29) is 10.8 Å². The number of likely N-dealkylation sites (tertiary alicyclic amines) is 1. The molecule has 24 heavy (non-hydrogen) atoms. The summed E-state index contributed by atoms with van der Waals surface area (Å²) in [4.78, 5) is 14.2. The van der Waals surface area contributed by atoms with Crippen molar-refractivity contribution in [2.75, 3.05) is 26.2 Å². The molecule has 1 fully saturated rings. The lowest BCUT2D eigenvalue weighted by atomic mass is 9.99. The van der Waals surface area contributed by atoms with Crippen LogP contribution in [0.2, 0.25) is 0 Å². The number of carbonyl (C=O) groups excluding carboxylic acids is 1. The fourth-order valence-electron chi connectivity index (χ4n) is 2.81. The van der Waals surface area contributed by atoms with E-state index in [1.165, 1.54) is 12.1 Å². The lowest BCUT2D eigenvalue weighted by Gasteiger charge is -2.30. The number of benzene rings is 1. The zero-order valence-corrected chi connectivity index (χ0v) is 15.0. The van der Waals surface area contributed by atoms with Crippen molar-refractivity contribution < 1.29 is 13.2 Å². The Morgan fingerprint density at radius 1 is 1.21 bits per heavy atom. The number of nitrogens with zero attached hydrogens (tertiary/aromatic N) is 1. The first-order valence-electron chi connectivity index (χ1n) is 8.46. The van der Waals surface area contributed by atoms with Crippen molar-refractivity contribution in [2.45, 2.75) is 37.5 Å². The lowest BCUT2D eigenvalue weighted by Crippen LogP contribution is -2.39. The number of amides is 1. The molecule has 1 aliphatic heterocycles. The molecular weight excluding hydrogens is 326 g/mol. The summed E-state index contributed by atoms with van der Waals surface area (Å²) in [5.74, 6) is 0.958. The van der Waals surface area contributed by atoms with Gasteiger partial charge < -0.3 is 10.2 Å². The molecule has 6 nitrogen and oxygen atoms in total. The van der Waals surface area contributed by atoms with Crippen LogP contribution in [-0.2, 0) is 21.2 Å². The molecule has 0 aromatic heterocycles. The second kappa shape index (κ2) is 8.60. The highest BCUT2D eigenvalue weighted by Crippen LogP contribution is 2.16. The fourth-order valence-corrected chi connectivity index (χ4v) is 3.33. The van der Waals surface area contributed by atoms with E-state index < -0.39 is 10.0 Å².